The van der Waals surface area contributed by atoms with Gasteiger partial charge < -0.3 is 4.55 Å². The first kappa shape index (κ1) is 13.2. The monoisotopic (exact) mass is 258 g/mol. The third-order valence-electron chi connectivity index (χ3n) is 3.23. The van der Waals surface area contributed by atoms with Crippen LogP contribution < -0.4 is 0 Å². The largest absolute Gasteiger partial charge is 0.606 e. The summed E-state index contributed by atoms with van der Waals surface area (Å²) in [6.07, 6.45) is 0. The molecule has 2 rings (SSSR count). The van der Waals surface area contributed by atoms with E-state index in [0.717, 1.165) is 15.4 Å². The maximum Gasteiger partial charge on any atom is 0.161 e. The fraction of sp³-hybridized carbons (Fsp3) is 0.250. The van der Waals surface area contributed by atoms with Gasteiger partial charge in [-0.1, -0.05) is 23.8 Å². The molecule has 1 nitrogen and oxygen atoms in total. The molecule has 2 aromatic rings. The van der Waals surface area contributed by atoms with Crippen LogP contribution in [-0.2, 0) is 11.2 Å². The van der Waals surface area contributed by atoms with Crippen LogP contribution in [0.5, 0.6) is 0 Å². The summed E-state index contributed by atoms with van der Waals surface area (Å²) in [6.45, 7) is 8.20. The molecule has 1 unspecified atom stereocenters. The summed E-state index contributed by atoms with van der Waals surface area (Å²) in [7, 11) is 0. The fourth-order valence-electron chi connectivity index (χ4n) is 1.92. The maximum absolute atomic E-state index is 12.6. The second-order valence-electron chi connectivity index (χ2n) is 4.78. The van der Waals surface area contributed by atoms with Crippen LogP contribution in [0.1, 0.15) is 22.3 Å². The van der Waals surface area contributed by atoms with E-state index in [1.807, 2.05) is 44.2 Å². The van der Waals surface area contributed by atoms with Gasteiger partial charge in [0, 0.05) is 16.7 Å². The minimum atomic E-state index is -1.09. The molecular weight excluding hydrogens is 240 g/mol. The SMILES string of the molecule is Cc1ccc([S+]([O-])c2cc(C)c(C)cc2C)cc1. The first-order valence-electron chi connectivity index (χ1n) is 6.05. The summed E-state index contributed by atoms with van der Waals surface area (Å²) < 4.78 is 12.6. The van der Waals surface area contributed by atoms with Gasteiger partial charge in [-0.25, -0.2) is 0 Å². The van der Waals surface area contributed by atoms with E-state index >= 15 is 0 Å². The third kappa shape index (κ3) is 2.60. The zero-order valence-corrected chi connectivity index (χ0v) is 12.1. The minimum Gasteiger partial charge on any atom is -0.606 e. The lowest BCUT2D eigenvalue weighted by Gasteiger charge is -2.14. The highest BCUT2D eigenvalue weighted by Gasteiger charge is 2.18. The molecule has 0 fully saturated rings. The van der Waals surface area contributed by atoms with E-state index in [-0.39, 0.29) is 0 Å². The van der Waals surface area contributed by atoms with Crippen molar-refractivity contribution in [2.45, 2.75) is 37.5 Å². The Morgan fingerprint density at radius 2 is 1.33 bits per heavy atom. The Kier molecular flexibility index (Phi) is 3.79. The molecule has 0 radical (unpaired) electrons. The van der Waals surface area contributed by atoms with Crippen molar-refractivity contribution in [3.63, 3.8) is 0 Å². The van der Waals surface area contributed by atoms with E-state index in [1.165, 1.54) is 16.7 Å². The molecule has 0 bridgehead atoms. The van der Waals surface area contributed by atoms with Gasteiger partial charge in [-0.15, -0.1) is 0 Å². The molecule has 2 aromatic carbocycles. The molecule has 0 amide bonds. The fourth-order valence-corrected chi connectivity index (χ4v) is 3.19. The van der Waals surface area contributed by atoms with Crippen LogP contribution in [0.3, 0.4) is 0 Å². The van der Waals surface area contributed by atoms with E-state index < -0.39 is 11.2 Å². The van der Waals surface area contributed by atoms with E-state index in [4.69, 9.17) is 0 Å². The molecule has 18 heavy (non-hydrogen) atoms. The predicted molar refractivity (Wildman–Crippen MR) is 76.5 cm³/mol. The van der Waals surface area contributed by atoms with Gasteiger partial charge in [0.05, 0.1) is 0 Å². The van der Waals surface area contributed by atoms with Crippen LogP contribution >= 0.6 is 0 Å². The van der Waals surface area contributed by atoms with Crippen molar-refractivity contribution in [3.05, 3.63) is 58.7 Å². The molecule has 0 saturated heterocycles. The maximum atomic E-state index is 12.6. The summed E-state index contributed by atoms with van der Waals surface area (Å²) in [4.78, 5) is 1.79. The van der Waals surface area contributed by atoms with E-state index in [0.29, 0.717) is 0 Å². The highest BCUT2D eigenvalue weighted by Crippen LogP contribution is 2.26. The first-order chi connectivity index (χ1) is 8.49. The minimum absolute atomic E-state index is 0.868. The molecule has 1 atom stereocenters. The summed E-state index contributed by atoms with van der Waals surface area (Å²) in [5.74, 6) is 0. The lowest BCUT2D eigenvalue weighted by atomic mass is 10.1. The van der Waals surface area contributed by atoms with Crippen molar-refractivity contribution in [1.29, 1.82) is 0 Å². The molecule has 0 aromatic heterocycles. The number of hydrogen-bond donors (Lipinski definition) is 0. The quantitative estimate of drug-likeness (QED) is 0.744. The number of rotatable bonds is 2. The summed E-state index contributed by atoms with van der Waals surface area (Å²) in [6, 6.07) is 12.0. The van der Waals surface area contributed by atoms with Crippen molar-refractivity contribution >= 4 is 11.2 Å². The highest BCUT2D eigenvalue weighted by molar-refractivity contribution is 7.91. The van der Waals surface area contributed by atoms with Gasteiger partial charge in [-0.05, 0) is 57.0 Å². The lowest BCUT2D eigenvalue weighted by molar-refractivity contribution is 0.594. The average molecular weight is 258 g/mol. The van der Waals surface area contributed by atoms with Crippen LogP contribution in [0.25, 0.3) is 0 Å². The summed E-state index contributed by atoms with van der Waals surface area (Å²) in [5.41, 5.74) is 4.72. The van der Waals surface area contributed by atoms with Crippen LogP contribution in [0.2, 0.25) is 0 Å². The topological polar surface area (TPSA) is 23.1 Å². The van der Waals surface area contributed by atoms with Gasteiger partial charge in [0.2, 0.25) is 0 Å². The van der Waals surface area contributed by atoms with Gasteiger partial charge in [0.15, 0.2) is 9.79 Å². The Labute approximate surface area is 112 Å². The molecule has 94 valence electrons. The van der Waals surface area contributed by atoms with Crippen molar-refractivity contribution in [1.82, 2.24) is 0 Å². The Bertz CT molecular complexity index is 558. The number of hydrogen-bond acceptors (Lipinski definition) is 1. The highest BCUT2D eigenvalue weighted by atomic mass is 32.2. The molecule has 0 aliphatic carbocycles. The van der Waals surface area contributed by atoms with Crippen LogP contribution in [0, 0.1) is 27.7 Å². The standard InChI is InChI=1S/C16H18OS/c1-11-5-7-15(8-6-11)18(17)16-10-13(3)12(2)9-14(16)4/h5-10H,1-4H3. The Morgan fingerprint density at radius 3 is 1.94 bits per heavy atom. The third-order valence-corrected chi connectivity index (χ3v) is 4.77. The molecule has 0 heterocycles. The predicted octanol–water partition coefficient (Wildman–Crippen LogP) is 4.09. The van der Waals surface area contributed by atoms with Gasteiger partial charge in [-0.3, -0.25) is 0 Å². The Balaban J connectivity index is 2.42. The van der Waals surface area contributed by atoms with E-state index in [9.17, 15) is 4.55 Å². The van der Waals surface area contributed by atoms with Gasteiger partial charge in [0.1, 0.15) is 0 Å². The summed E-state index contributed by atoms with van der Waals surface area (Å²) in [5, 5.41) is 0. The molecular formula is C16H18OS. The number of aryl methyl sites for hydroxylation is 4. The molecule has 0 N–H and O–H groups in total. The smallest absolute Gasteiger partial charge is 0.161 e. The van der Waals surface area contributed by atoms with Crippen molar-refractivity contribution in [2.24, 2.45) is 0 Å². The molecule has 0 aliphatic heterocycles. The van der Waals surface area contributed by atoms with Crippen molar-refractivity contribution < 1.29 is 4.55 Å². The normalized spacial score (nSPS) is 12.5. The lowest BCUT2D eigenvalue weighted by Crippen LogP contribution is -2.05. The first-order valence-corrected chi connectivity index (χ1v) is 7.20. The van der Waals surface area contributed by atoms with E-state index in [2.05, 4.69) is 19.9 Å². The second-order valence-corrected chi connectivity index (χ2v) is 6.23. The summed E-state index contributed by atoms with van der Waals surface area (Å²) >= 11 is -1.09. The van der Waals surface area contributed by atoms with E-state index in [1.54, 1.807) is 0 Å². The second kappa shape index (κ2) is 5.17. The van der Waals surface area contributed by atoms with Gasteiger partial charge in [0.25, 0.3) is 0 Å². The van der Waals surface area contributed by atoms with Crippen LogP contribution in [-0.4, -0.2) is 4.55 Å². The molecule has 0 spiro atoms. The molecule has 2 heteroatoms. The number of benzene rings is 2. The van der Waals surface area contributed by atoms with Crippen molar-refractivity contribution in [3.8, 4) is 0 Å². The van der Waals surface area contributed by atoms with Crippen LogP contribution in [0.4, 0.5) is 0 Å². The van der Waals surface area contributed by atoms with Gasteiger partial charge in [-0.2, -0.15) is 0 Å². The zero-order chi connectivity index (χ0) is 13.3. The Morgan fingerprint density at radius 1 is 0.778 bits per heavy atom. The van der Waals surface area contributed by atoms with Crippen molar-refractivity contribution in [2.75, 3.05) is 0 Å². The molecule has 0 saturated carbocycles. The zero-order valence-electron chi connectivity index (χ0n) is 11.3. The Hall–Kier alpha value is -1.25. The van der Waals surface area contributed by atoms with Gasteiger partial charge >= 0.3 is 0 Å². The van der Waals surface area contributed by atoms with Crippen LogP contribution in [0.15, 0.2) is 46.2 Å². The average Bonchev–Trinajstić information content (AvgIpc) is 2.34. The molecule has 0 aliphatic rings.